The van der Waals surface area contributed by atoms with Crippen molar-refractivity contribution >= 4 is 33.4 Å². The lowest BCUT2D eigenvalue weighted by Crippen LogP contribution is -2.29. The first kappa shape index (κ1) is 15.3. The number of hydrogen-bond acceptors (Lipinski definition) is 4. The summed E-state index contributed by atoms with van der Waals surface area (Å²) in [6.07, 6.45) is 2.63. The Bertz CT molecular complexity index is 850. The van der Waals surface area contributed by atoms with E-state index in [1.165, 1.54) is 0 Å². The zero-order valence-electron chi connectivity index (χ0n) is 12.0. The molecule has 8 heteroatoms. The monoisotopic (exact) mass is 375 g/mol. The first-order valence-corrected chi connectivity index (χ1v) is 7.67. The minimum Gasteiger partial charge on any atom is -0.465 e. The molecule has 118 valence electrons. The van der Waals surface area contributed by atoms with Crippen molar-refractivity contribution in [1.29, 1.82) is 0 Å². The number of carboxylic acid groups (broad SMARTS) is 1. The molecule has 0 aliphatic rings. The Labute approximate surface area is 140 Å². The fourth-order valence-corrected chi connectivity index (χ4v) is 3.07. The molecular formula is C15H14BrN5O2. The minimum absolute atomic E-state index is 0.326. The van der Waals surface area contributed by atoms with Crippen LogP contribution < -0.4 is 11.1 Å². The average molecular weight is 376 g/mol. The molecule has 3 aromatic rings. The zero-order chi connectivity index (χ0) is 16.4. The third-order valence-corrected chi connectivity index (χ3v) is 4.01. The Morgan fingerprint density at radius 2 is 2.13 bits per heavy atom. The molecule has 2 heterocycles. The van der Waals surface area contributed by atoms with E-state index in [1.807, 2.05) is 30.3 Å². The van der Waals surface area contributed by atoms with Gasteiger partial charge in [-0.3, -0.25) is 4.40 Å². The summed E-state index contributed by atoms with van der Waals surface area (Å²) in [7, 11) is 0. The first-order chi connectivity index (χ1) is 11.1. The van der Waals surface area contributed by atoms with Gasteiger partial charge in [-0.25, -0.2) is 14.8 Å². The number of fused-ring (bicyclic) bond motifs is 1. The summed E-state index contributed by atoms with van der Waals surface area (Å²) in [6.45, 7) is 0. The number of nitrogens with zero attached hydrogens (tertiary/aromatic N) is 3. The second-order valence-electron chi connectivity index (χ2n) is 4.98. The number of nitrogens with one attached hydrogen (secondary N) is 1. The number of hydrogen-bond donors (Lipinski definition) is 3. The normalized spacial score (nSPS) is 12.2. The topological polar surface area (TPSA) is 106 Å². The van der Waals surface area contributed by atoms with Crippen molar-refractivity contribution in [3.8, 4) is 0 Å². The zero-order valence-corrected chi connectivity index (χ0v) is 13.6. The van der Waals surface area contributed by atoms with Crippen molar-refractivity contribution in [2.75, 3.05) is 5.73 Å². The highest BCUT2D eigenvalue weighted by atomic mass is 79.9. The molecule has 0 aliphatic carbocycles. The summed E-state index contributed by atoms with van der Waals surface area (Å²) < 4.78 is 2.28. The van der Waals surface area contributed by atoms with Crippen LogP contribution in [0.25, 0.3) is 5.52 Å². The number of anilines is 1. The van der Waals surface area contributed by atoms with Crippen molar-refractivity contribution in [3.05, 3.63) is 58.7 Å². The Morgan fingerprint density at radius 1 is 1.39 bits per heavy atom. The predicted molar refractivity (Wildman–Crippen MR) is 89.1 cm³/mol. The van der Waals surface area contributed by atoms with Crippen molar-refractivity contribution < 1.29 is 9.90 Å². The van der Waals surface area contributed by atoms with Gasteiger partial charge in [0.1, 0.15) is 15.9 Å². The highest BCUT2D eigenvalue weighted by molar-refractivity contribution is 9.10. The van der Waals surface area contributed by atoms with Crippen LogP contribution in [0, 0.1) is 0 Å². The number of carbonyl (C=O) groups is 1. The van der Waals surface area contributed by atoms with E-state index in [2.05, 4.69) is 31.2 Å². The van der Waals surface area contributed by atoms with Gasteiger partial charge in [0.2, 0.25) is 0 Å². The third-order valence-electron chi connectivity index (χ3n) is 3.46. The van der Waals surface area contributed by atoms with E-state index in [4.69, 9.17) is 10.8 Å². The highest BCUT2D eigenvalue weighted by Gasteiger charge is 2.22. The van der Waals surface area contributed by atoms with E-state index < -0.39 is 12.1 Å². The predicted octanol–water partition coefficient (Wildman–Crippen LogP) is 2.63. The van der Waals surface area contributed by atoms with E-state index in [0.29, 0.717) is 28.2 Å². The highest BCUT2D eigenvalue weighted by Crippen LogP contribution is 2.27. The van der Waals surface area contributed by atoms with Crippen molar-refractivity contribution in [1.82, 2.24) is 19.7 Å². The maximum Gasteiger partial charge on any atom is 0.405 e. The van der Waals surface area contributed by atoms with Gasteiger partial charge in [0.25, 0.3) is 0 Å². The Kier molecular flexibility index (Phi) is 4.16. The molecule has 23 heavy (non-hydrogen) atoms. The first-order valence-electron chi connectivity index (χ1n) is 6.87. The van der Waals surface area contributed by atoms with Crippen LogP contribution in [0.5, 0.6) is 0 Å². The Balaban J connectivity index is 2.06. The lowest BCUT2D eigenvalue weighted by atomic mass is 10.1. The average Bonchev–Trinajstić information content (AvgIpc) is 2.86. The number of amides is 1. The largest absolute Gasteiger partial charge is 0.465 e. The molecular weight excluding hydrogens is 362 g/mol. The lowest BCUT2D eigenvalue weighted by molar-refractivity contribution is 0.189. The fourth-order valence-electron chi connectivity index (χ4n) is 2.49. The SMILES string of the molecule is Nc1nccn2c(C(Cc3ccccc3)NC(=O)O)nc(Br)c12. The van der Waals surface area contributed by atoms with E-state index in [9.17, 15) is 4.79 Å². The number of rotatable bonds is 4. The van der Waals surface area contributed by atoms with Crippen LogP contribution in [0.15, 0.2) is 47.3 Å². The van der Waals surface area contributed by atoms with Crippen molar-refractivity contribution in [2.45, 2.75) is 12.5 Å². The van der Waals surface area contributed by atoms with Crippen LogP contribution in [-0.4, -0.2) is 25.6 Å². The number of imidazole rings is 1. The number of nitrogen functional groups attached to an aromatic ring is 1. The number of aromatic nitrogens is 3. The van der Waals surface area contributed by atoms with Gasteiger partial charge in [-0.2, -0.15) is 0 Å². The molecule has 1 aromatic carbocycles. The second-order valence-corrected chi connectivity index (χ2v) is 5.73. The molecule has 0 bridgehead atoms. The maximum atomic E-state index is 11.2. The van der Waals surface area contributed by atoms with Crippen LogP contribution in [0.2, 0.25) is 0 Å². The molecule has 0 aliphatic heterocycles. The van der Waals surface area contributed by atoms with E-state index in [-0.39, 0.29) is 0 Å². The summed E-state index contributed by atoms with van der Waals surface area (Å²) in [5.74, 6) is 0.874. The summed E-state index contributed by atoms with van der Waals surface area (Å²) in [6, 6.07) is 9.10. The van der Waals surface area contributed by atoms with E-state index >= 15 is 0 Å². The summed E-state index contributed by atoms with van der Waals surface area (Å²) in [4.78, 5) is 19.7. The molecule has 7 nitrogen and oxygen atoms in total. The van der Waals surface area contributed by atoms with Crippen molar-refractivity contribution in [3.63, 3.8) is 0 Å². The number of nitrogens with two attached hydrogens (primary N) is 1. The van der Waals surface area contributed by atoms with Gasteiger partial charge in [-0.15, -0.1) is 0 Å². The van der Waals surface area contributed by atoms with Gasteiger partial charge in [0, 0.05) is 18.8 Å². The molecule has 1 unspecified atom stereocenters. The number of halogens is 1. The third kappa shape index (κ3) is 3.11. The van der Waals surface area contributed by atoms with Gasteiger partial charge in [0.05, 0.1) is 6.04 Å². The summed E-state index contributed by atoms with van der Waals surface area (Å²) in [5.41, 5.74) is 7.51. The van der Waals surface area contributed by atoms with E-state index in [0.717, 1.165) is 5.56 Å². The molecule has 4 N–H and O–H groups in total. The van der Waals surface area contributed by atoms with Crippen molar-refractivity contribution in [2.24, 2.45) is 0 Å². The van der Waals surface area contributed by atoms with Crippen LogP contribution in [0.3, 0.4) is 0 Å². The Morgan fingerprint density at radius 3 is 2.83 bits per heavy atom. The molecule has 3 rings (SSSR count). The van der Waals surface area contributed by atoms with Crippen LogP contribution in [0.1, 0.15) is 17.4 Å². The number of benzene rings is 1. The van der Waals surface area contributed by atoms with Crippen LogP contribution >= 0.6 is 15.9 Å². The van der Waals surface area contributed by atoms with Gasteiger partial charge in [-0.05, 0) is 21.5 Å². The molecule has 1 amide bonds. The van der Waals surface area contributed by atoms with Gasteiger partial charge < -0.3 is 16.2 Å². The van der Waals surface area contributed by atoms with Crippen LogP contribution in [-0.2, 0) is 6.42 Å². The smallest absolute Gasteiger partial charge is 0.405 e. The maximum absolute atomic E-state index is 11.2. The minimum atomic E-state index is -1.11. The lowest BCUT2D eigenvalue weighted by Gasteiger charge is -2.16. The van der Waals surface area contributed by atoms with Crippen LogP contribution in [0.4, 0.5) is 10.6 Å². The molecule has 0 spiro atoms. The molecule has 0 fully saturated rings. The van der Waals surface area contributed by atoms with Gasteiger partial charge in [0.15, 0.2) is 5.82 Å². The Hall–Kier alpha value is -2.61. The molecule has 1 atom stereocenters. The summed E-state index contributed by atoms with van der Waals surface area (Å²) in [5, 5.41) is 11.7. The molecule has 0 saturated carbocycles. The quantitative estimate of drug-likeness (QED) is 0.649. The second kappa shape index (κ2) is 6.25. The summed E-state index contributed by atoms with van der Waals surface area (Å²) >= 11 is 3.36. The standard InChI is InChI=1S/C15H14BrN5O2/c16-12-11-13(17)18-6-7-21(11)14(20-12)10(19-15(22)23)8-9-4-2-1-3-5-9/h1-7,10,19H,8H2,(H2,17,18)(H,22,23). The molecule has 0 saturated heterocycles. The fraction of sp³-hybridized carbons (Fsp3) is 0.133. The molecule has 0 radical (unpaired) electrons. The van der Waals surface area contributed by atoms with E-state index in [1.54, 1.807) is 16.8 Å². The van der Waals surface area contributed by atoms with Gasteiger partial charge >= 0.3 is 6.09 Å². The van der Waals surface area contributed by atoms with Gasteiger partial charge in [-0.1, -0.05) is 30.3 Å². The molecule has 2 aromatic heterocycles.